The van der Waals surface area contributed by atoms with E-state index < -0.39 is 52.2 Å². The summed E-state index contributed by atoms with van der Waals surface area (Å²) in [6, 6.07) is 9.35. The first-order valence-electron chi connectivity index (χ1n) is 10.2. The molecule has 3 rings (SSSR count). The smallest absolute Gasteiger partial charge is 0.416 e. The van der Waals surface area contributed by atoms with Crippen molar-refractivity contribution in [2.24, 2.45) is 22.9 Å². The largest absolute Gasteiger partial charge is 0.466 e. The SMILES string of the molecule is CCOC(=O)[C@H]1[C@H](C(=O)N/N=C/c2cccc([N+](=O)[O-])c2)[C@@H]1C(=O)Nc1cccc(C(F)(F)F)c1. The summed E-state index contributed by atoms with van der Waals surface area (Å²) in [6.45, 7) is 1.53. The van der Waals surface area contributed by atoms with Crippen LogP contribution < -0.4 is 10.7 Å². The van der Waals surface area contributed by atoms with Crippen molar-refractivity contribution in [2.45, 2.75) is 13.1 Å². The molecule has 2 aromatic carbocycles. The summed E-state index contributed by atoms with van der Waals surface area (Å²) < 4.78 is 43.7. The molecule has 184 valence electrons. The maximum absolute atomic E-state index is 12.9. The number of nitro benzene ring substituents is 1. The lowest BCUT2D eigenvalue weighted by molar-refractivity contribution is -0.384. The fraction of sp³-hybridized carbons (Fsp3) is 0.273. The van der Waals surface area contributed by atoms with Gasteiger partial charge in [-0.2, -0.15) is 18.3 Å². The molecule has 1 aliphatic carbocycles. The number of nitrogens with one attached hydrogen (secondary N) is 2. The van der Waals surface area contributed by atoms with Gasteiger partial charge in [0.2, 0.25) is 11.8 Å². The molecule has 0 heterocycles. The lowest BCUT2D eigenvalue weighted by Gasteiger charge is -2.10. The second kappa shape index (κ2) is 10.3. The van der Waals surface area contributed by atoms with Crippen molar-refractivity contribution in [1.29, 1.82) is 0 Å². The van der Waals surface area contributed by atoms with Crippen LogP contribution in [0.4, 0.5) is 24.5 Å². The molecule has 0 saturated heterocycles. The Morgan fingerprint density at radius 1 is 1.09 bits per heavy atom. The summed E-state index contributed by atoms with van der Waals surface area (Å²) in [4.78, 5) is 47.7. The summed E-state index contributed by atoms with van der Waals surface area (Å²) in [5, 5.41) is 16.8. The van der Waals surface area contributed by atoms with Crippen molar-refractivity contribution in [3.63, 3.8) is 0 Å². The minimum atomic E-state index is -4.62. The predicted molar refractivity (Wildman–Crippen MR) is 116 cm³/mol. The van der Waals surface area contributed by atoms with E-state index in [0.717, 1.165) is 24.4 Å². The lowest BCUT2D eigenvalue weighted by Crippen LogP contribution is -2.24. The highest BCUT2D eigenvalue weighted by Gasteiger charge is 2.63. The third-order valence-electron chi connectivity index (χ3n) is 5.11. The number of halogens is 3. The van der Waals surface area contributed by atoms with E-state index in [1.807, 2.05) is 0 Å². The number of hydrogen-bond donors (Lipinski definition) is 2. The van der Waals surface area contributed by atoms with E-state index in [1.54, 1.807) is 0 Å². The van der Waals surface area contributed by atoms with Crippen molar-refractivity contribution in [1.82, 2.24) is 5.43 Å². The molecule has 1 aliphatic rings. The van der Waals surface area contributed by atoms with Gasteiger partial charge in [-0.3, -0.25) is 24.5 Å². The standard InChI is InChI=1S/C22H19F3N4O6/c1-2-35-21(32)18-16(19(30)27-14-7-4-6-13(10-14)22(23,24)25)17(18)20(31)28-26-11-12-5-3-8-15(9-12)29(33)34/h3-11,16-18H,2H2,1H3,(H,27,30)(H,28,31)/b26-11+/t16-,17+,18+/m0/s1. The van der Waals surface area contributed by atoms with E-state index in [-0.39, 0.29) is 18.0 Å². The fourth-order valence-corrected chi connectivity index (χ4v) is 3.46. The van der Waals surface area contributed by atoms with Crippen LogP contribution >= 0.6 is 0 Å². The zero-order valence-electron chi connectivity index (χ0n) is 18.1. The van der Waals surface area contributed by atoms with Crippen LogP contribution in [0.1, 0.15) is 18.1 Å². The fourth-order valence-electron chi connectivity index (χ4n) is 3.46. The first-order chi connectivity index (χ1) is 16.5. The van der Waals surface area contributed by atoms with E-state index in [4.69, 9.17) is 4.74 Å². The zero-order valence-corrected chi connectivity index (χ0v) is 18.1. The van der Waals surface area contributed by atoms with Crippen LogP contribution in [0.2, 0.25) is 0 Å². The van der Waals surface area contributed by atoms with Crippen molar-refractivity contribution < 1.29 is 37.2 Å². The predicted octanol–water partition coefficient (Wildman–Crippen LogP) is 3.13. The molecule has 0 aromatic heterocycles. The number of carbonyl (C=O) groups excluding carboxylic acids is 3. The Hall–Kier alpha value is -4.29. The van der Waals surface area contributed by atoms with Crippen molar-refractivity contribution >= 4 is 35.4 Å². The van der Waals surface area contributed by atoms with Gasteiger partial charge >= 0.3 is 12.1 Å². The van der Waals surface area contributed by atoms with Crippen LogP contribution in [-0.4, -0.2) is 35.5 Å². The lowest BCUT2D eigenvalue weighted by atomic mass is 10.2. The molecule has 0 spiro atoms. The molecule has 2 aromatic rings. The first kappa shape index (κ1) is 25.3. The highest BCUT2D eigenvalue weighted by molar-refractivity contribution is 6.05. The van der Waals surface area contributed by atoms with Crippen molar-refractivity contribution in [2.75, 3.05) is 11.9 Å². The molecule has 3 atom stereocenters. The Morgan fingerprint density at radius 2 is 1.77 bits per heavy atom. The average Bonchev–Trinajstić information content (AvgIpc) is 3.55. The summed E-state index contributed by atoms with van der Waals surface area (Å²) in [6.07, 6.45) is -3.47. The second-order valence-electron chi connectivity index (χ2n) is 7.48. The maximum atomic E-state index is 12.9. The van der Waals surface area contributed by atoms with Crippen LogP contribution in [0.15, 0.2) is 53.6 Å². The molecule has 1 saturated carbocycles. The van der Waals surface area contributed by atoms with E-state index in [0.29, 0.717) is 5.56 Å². The number of nitro groups is 1. The summed E-state index contributed by atoms with van der Waals surface area (Å²) in [7, 11) is 0. The topological polar surface area (TPSA) is 140 Å². The van der Waals surface area contributed by atoms with E-state index in [1.165, 1.54) is 37.3 Å². The van der Waals surface area contributed by atoms with Gasteiger partial charge < -0.3 is 10.1 Å². The van der Waals surface area contributed by atoms with Crippen LogP contribution in [0, 0.1) is 27.9 Å². The van der Waals surface area contributed by atoms with Gasteiger partial charge in [-0.05, 0) is 25.1 Å². The minimum Gasteiger partial charge on any atom is -0.466 e. The number of amides is 2. The third-order valence-corrected chi connectivity index (χ3v) is 5.11. The minimum absolute atomic E-state index is 0.00339. The Balaban J connectivity index is 1.70. The number of alkyl halides is 3. The Kier molecular flexibility index (Phi) is 7.47. The van der Waals surface area contributed by atoms with Gasteiger partial charge in [-0.1, -0.05) is 18.2 Å². The molecule has 0 radical (unpaired) electrons. The van der Waals surface area contributed by atoms with Crippen LogP contribution in [0.25, 0.3) is 0 Å². The summed E-state index contributed by atoms with van der Waals surface area (Å²) in [5.41, 5.74) is 1.18. The summed E-state index contributed by atoms with van der Waals surface area (Å²) >= 11 is 0. The Bertz CT molecular complexity index is 1180. The molecular formula is C22H19F3N4O6. The summed E-state index contributed by atoms with van der Waals surface area (Å²) in [5.74, 6) is -5.92. The number of rotatable bonds is 8. The number of carbonyl (C=O) groups is 3. The number of esters is 1. The maximum Gasteiger partial charge on any atom is 0.416 e. The van der Waals surface area contributed by atoms with Gasteiger partial charge in [-0.15, -0.1) is 0 Å². The van der Waals surface area contributed by atoms with Crippen LogP contribution in [0.3, 0.4) is 0 Å². The molecule has 13 heteroatoms. The van der Waals surface area contributed by atoms with E-state index in [2.05, 4.69) is 15.8 Å². The van der Waals surface area contributed by atoms with Gasteiger partial charge in [0.25, 0.3) is 5.69 Å². The molecule has 0 unspecified atom stereocenters. The molecule has 2 N–H and O–H groups in total. The van der Waals surface area contributed by atoms with Crippen LogP contribution in [-0.2, 0) is 25.3 Å². The molecule has 2 amide bonds. The van der Waals surface area contributed by atoms with Gasteiger partial charge in [0.15, 0.2) is 0 Å². The van der Waals surface area contributed by atoms with Gasteiger partial charge in [0.1, 0.15) is 0 Å². The third kappa shape index (κ3) is 6.19. The Labute approximate surface area is 196 Å². The molecule has 0 bridgehead atoms. The van der Waals surface area contributed by atoms with Crippen LogP contribution in [0.5, 0.6) is 0 Å². The van der Waals surface area contributed by atoms with Crippen molar-refractivity contribution in [3.8, 4) is 0 Å². The number of anilines is 1. The zero-order chi connectivity index (χ0) is 25.8. The van der Waals surface area contributed by atoms with E-state index in [9.17, 15) is 37.7 Å². The molecule has 10 nitrogen and oxygen atoms in total. The quantitative estimate of drug-likeness (QED) is 0.251. The number of non-ortho nitro benzene ring substituents is 1. The van der Waals surface area contributed by atoms with Gasteiger partial charge in [0.05, 0.1) is 41.1 Å². The van der Waals surface area contributed by atoms with E-state index >= 15 is 0 Å². The first-order valence-corrected chi connectivity index (χ1v) is 10.2. The monoisotopic (exact) mass is 492 g/mol. The highest BCUT2D eigenvalue weighted by atomic mass is 19.4. The van der Waals surface area contributed by atoms with Gasteiger partial charge in [-0.25, -0.2) is 5.43 Å². The van der Waals surface area contributed by atoms with Crippen molar-refractivity contribution in [3.05, 3.63) is 69.8 Å². The molecule has 1 fully saturated rings. The molecular weight excluding hydrogens is 473 g/mol. The number of hydrazone groups is 1. The Morgan fingerprint density at radius 3 is 2.43 bits per heavy atom. The highest BCUT2D eigenvalue weighted by Crippen LogP contribution is 2.48. The second-order valence-corrected chi connectivity index (χ2v) is 7.48. The number of hydrogen-bond acceptors (Lipinski definition) is 7. The molecule has 0 aliphatic heterocycles. The number of benzene rings is 2. The number of ether oxygens (including phenoxy) is 1. The van der Waals surface area contributed by atoms with Gasteiger partial charge in [0, 0.05) is 23.4 Å². The normalized spacial score (nSPS) is 19.1. The number of nitrogens with zero attached hydrogens (tertiary/aromatic N) is 2. The average molecular weight is 492 g/mol. The molecule has 35 heavy (non-hydrogen) atoms.